The maximum absolute atomic E-state index is 12.7. The molecule has 2 aromatic rings. The fraction of sp³-hybridized carbons (Fsp3) is 0.368. The number of fused-ring (bicyclic) bond motifs is 1. The van der Waals surface area contributed by atoms with Gasteiger partial charge >= 0.3 is 0 Å². The lowest BCUT2D eigenvalue weighted by Gasteiger charge is -2.16. The van der Waals surface area contributed by atoms with E-state index < -0.39 is 5.92 Å². The molecule has 0 saturated carbocycles. The standard InChI is InChI=1S/C19H20N4O4S/c1-27-13-6-4-12(5-7-13)23-10-11(9-15(23)24)17(25)22-19-21-14-3-2-8-20-18(26)16(14)28-19/h4-7,11H,2-3,8-10H2,1H3,(H,20,26)(H,21,22,25). The summed E-state index contributed by atoms with van der Waals surface area (Å²) in [5, 5.41) is 6.01. The van der Waals surface area contributed by atoms with E-state index in [9.17, 15) is 14.4 Å². The number of carbonyl (C=O) groups excluding carboxylic acids is 3. The van der Waals surface area contributed by atoms with E-state index in [-0.39, 0.29) is 24.1 Å². The van der Waals surface area contributed by atoms with Gasteiger partial charge in [0.25, 0.3) is 5.91 Å². The average molecular weight is 400 g/mol. The first-order valence-electron chi connectivity index (χ1n) is 9.08. The number of thiazole rings is 1. The number of benzene rings is 1. The zero-order valence-electron chi connectivity index (χ0n) is 15.4. The van der Waals surface area contributed by atoms with Crippen molar-refractivity contribution in [2.75, 3.05) is 30.4 Å². The molecule has 0 bridgehead atoms. The molecule has 146 valence electrons. The predicted octanol–water partition coefficient (Wildman–Crippen LogP) is 1.82. The van der Waals surface area contributed by atoms with E-state index in [0.29, 0.717) is 35.3 Å². The van der Waals surface area contributed by atoms with Crippen LogP contribution in [0.1, 0.15) is 28.2 Å². The summed E-state index contributed by atoms with van der Waals surface area (Å²) in [7, 11) is 1.58. The Morgan fingerprint density at radius 2 is 2.11 bits per heavy atom. The molecule has 3 heterocycles. The summed E-state index contributed by atoms with van der Waals surface area (Å²) in [5.41, 5.74) is 1.45. The molecule has 0 aliphatic carbocycles. The lowest BCUT2D eigenvalue weighted by molar-refractivity contribution is -0.122. The molecule has 1 atom stereocenters. The number of hydrogen-bond acceptors (Lipinski definition) is 6. The van der Waals surface area contributed by atoms with Crippen molar-refractivity contribution in [3.63, 3.8) is 0 Å². The van der Waals surface area contributed by atoms with Gasteiger partial charge in [-0.05, 0) is 37.1 Å². The number of amides is 3. The second-order valence-corrected chi connectivity index (χ2v) is 7.75. The quantitative estimate of drug-likeness (QED) is 0.815. The Hall–Kier alpha value is -2.94. The molecule has 1 aromatic heterocycles. The number of nitrogens with zero attached hydrogens (tertiary/aromatic N) is 2. The van der Waals surface area contributed by atoms with Gasteiger partial charge in [0.15, 0.2) is 5.13 Å². The lowest BCUT2D eigenvalue weighted by atomic mass is 10.1. The highest BCUT2D eigenvalue weighted by Crippen LogP contribution is 2.29. The third-order valence-corrected chi connectivity index (χ3v) is 5.90. The summed E-state index contributed by atoms with van der Waals surface area (Å²) in [6, 6.07) is 7.16. The molecule has 2 aliphatic heterocycles. The second kappa shape index (κ2) is 7.59. The van der Waals surface area contributed by atoms with Gasteiger partial charge in [-0.15, -0.1) is 0 Å². The Bertz CT molecular complexity index is 925. The van der Waals surface area contributed by atoms with Crippen molar-refractivity contribution < 1.29 is 19.1 Å². The molecule has 1 aromatic carbocycles. The van der Waals surface area contributed by atoms with Crippen LogP contribution in [0, 0.1) is 5.92 Å². The highest BCUT2D eigenvalue weighted by atomic mass is 32.1. The van der Waals surface area contributed by atoms with Gasteiger partial charge in [0.05, 0.1) is 18.7 Å². The van der Waals surface area contributed by atoms with Crippen LogP contribution < -0.4 is 20.3 Å². The lowest BCUT2D eigenvalue weighted by Crippen LogP contribution is -2.28. The number of hydrogen-bond donors (Lipinski definition) is 2. The summed E-state index contributed by atoms with van der Waals surface area (Å²) >= 11 is 1.18. The van der Waals surface area contributed by atoms with Crippen LogP contribution in [-0.4, -0.2) is 42.9 Å². The summed E-state index contributed by atoms with van der Waals surface area (Å²) in [6.07, 6.45) is 1.67. The number of aromatic nitrogens is 1. The Kier molecular flexibility index (Phi) is 4.99. The van der Waals surface area contributed by atoms with Gasteiger partial charge in [-0.1, -0.05) is 11.3 Å². The molecule has 4 rings (SSSR count). The van der Waals surface area contributed by atoms with E-state index in [1.165, 1.54) is 11.3 Å². The fourth-order valence-electron chi connectivity index (χ4n) is 3.39. The Morgan fingerprint density at radius 3 is 2.86 bits per heavy atom. The van der Waals surface area contributed by atoms with Crippen molar-refractivity contribution in [3.05, 3.63) is 34.8 Å². The van der Waals surface area contributed by atoms with E-state index in [0.717, 1.165) is 17.8 Å². The first-order valence-corrected chi connectivity index (χ1v) is 9.90. The van der Waals surface area contributed by atoms with Crippen LogP contribution in [0.2, 0.25) is 0 Å². The third kappa shape index (κ3) is 3.57. The van der Waals surface area contributed by atoms with Crippen molar-refractivity contribution in [2.24, 2.45) is 5.92 Å². The molecule has 2 aliphatic rings. The number of rotatable bonds is 4. The van der Waals surface area contributed by atoms with Crippen LogP contribution in [0.3, 0.4) is 0 Å². The number of anilines is 2. The third-order valence-electron chi connectivity index (χ3n) is 4.89. The molecule has 1 saturated heterocycles. The summed E-state index contributed by atoms with van der Waals surface area (Å²) in [6.45, 7) is 0.942. The van der Waals surface area contributed by atoms with Gasteiger partial charge in [-0.3, -0.25) is 14.4 Å². The summed E-state index contributed by atoms with van der Waals surface area (Å²) in [4.78, 5) is 43.6. The fourth-order valence-corrected chi connectivity index (χ4v) is 4.32. The first kappa shape index (κ1) is 18.4. The highest BCUT2D eigenvalue weighted by Gasteiger charge is 2.35. The largest absolute Gasteiger partial charge is 0.497 e. The average Bonchev–Trinajstić information content (AvgIpc) is 3.24. The summed E-state index contributed by atoms with van der Waals surface area (Å²) in [5.74, 6) is -0.259. The molecule has 2 N–H and O–H groups in total. The van der Waals surface area contributed by atoms with Crippen molar-refractivity contribution in [1.82, 2.24) is 10.3 Å². The molecule has 28 heavy (non-hydrogen) atoms. The van der Waals surface area contributed by atoms with Gasteiger partial charge in [-0.25, -0.2) is 4.98 Å². The van der Waals surface area contributed by atoms with E-state index in [1.54, 1.807) is 36.3 Å². The summed E-state index contributed by atoms with van der Waals surface area (Å²) < 4.78 is 5.13. The van der Waals surface area contributed by atoms with E-state index in [2.05, 4.69) is 15.6 Å². The Morgan fingerprint density at radius 1 is 1.32 bits per heavy atom. The molecule has 1 unspecified atom stereocenters. The number of nitrogens with one attached hydrogen (secondary N) is 2. The smallest absolute Gasteiger partial charge is 0.263 e. The van der Waals surface area contributed by atoms with Gasteiger partial charge in [-0.2, -0.15) is 0 Å². The van der Waals surface area contributed by atoms with Crippen LogP contribution >= 0.6 is 11.3 Å². The minimum absolute atomic E-state index is 0.0976. The minimum Gasteiger partial charge on any atom is -0.497 e. The molecule has 8 nitrogen and oxygen atoms in total. The SMILES string of the molecule is COc1ccc(N2CC(C(=O)Nc3nc4c(s3)C(=O)NCCC4)CC2=O)cc1. The van der Waals surface area contributed by atoms with E-state index >= 15 is 0 Å². The molecule has 9 heteroatoms. The molecule has 3 amide bonds. The number of carbonyl (C=O) groups is 3. The maximum atomic E-state index is 12.7. The van der Waals surface area contributed by atoms with Gasteiger partial charge in [0, 0.05) is 25.2 Å². The topological polar surface area (TPSA) is 101 Å². The molecule has 0 spiro atoms. The van der Waals surface area contributed by atoms with Crippen molar-refractivity contribution in [1.29, 1.82) is 0 Å². The second-order valence-electron chi connectivity index (χ2n) is 6.75. The molecule has 0 radical (unpaired) electrons. The minimum atomic E-state index is -0.466. The van der Waals surface area contributed by atoms with E-state index in [4.69, 9.17) is 4.74 Å². The monoisotopic (exact) mass is 400 g/mol. The Labute approximate surface area is 165 Å². The van der Waals surface area contributed by atoms with Gasteiger partial charge < -0.3 is 20.3 Å². The van der Waals surface area contributed by atoms with Crippen LogP contribution in [0.15, 0.2) is 24.3 Å². The van der Waals surface area contributed by atoms with Crippen LogP contribution in [0.4, 0.5) is 10.8 Å². The highest BCUT2D eigenvalue weighted by molar-refractivity contribution is 7.17. The predicted molar refractivity (Wildman–Crippen MR) is 105 cm³/mol. The molecular weight excluding hydrogens is 380 g/mol. The van der Waals surface area contributed by atoms with Gasteiger partial charge in [0.2, 0.25) is 11.8 Å². The number of methoxy groups -OCH3 is 1. The van der Waals surface area contributed by atoms with E-state index in [1.807, 2.05) is 0 Å². The number of ether oxygens (including phenoxy) is 1. The van der Waals surface area contributed by atoms with Crippen molar-refractivity contribution in [2.45, 2.75) is 19.3 Å². The van der Waals surface area contributed by atoms with Crippen molar-refractivity contribution in [3.8, 4) is 5.75 Å². The van der Waals surface area contributed by atoms with Crippen LogP contribution in [0.5, 0.6) is 5.75 Å². The normalized spacial score (nSPS) is 19.0. The number of aryl methyl sites for hydroxylation is 1. The zero-order valence-corrected chi connectivity index (χ0v) is 16.2. The Balaban J connectivity index is 1.44. The maximum Gasteiger partial charge on any atom is 0.263 e. The molecular formula is C19H20N4O4S. The first-order chi connectivity index (χ1) is 13.5. The van der Waals surface area contributed by atoms with Crippen LogP contribution in [0.25, 0.3) is 0 Å². The van der Waals surface area contributed by atoms with Crippen molar-refractivity contribution >= 4 is 39.9 Å². The van der Waals surface area contributed by atoms with Gasteiger partial charge in [0.1, 0.15) is 10.6 Å². The van der Waals surface area contributed by atoms with Crippen LogP contribution in [-0.2, 0) is 16.0 Å². The zero-order chi connectivity index (χ0) is 19.7. The molecule has 1 fully saturated rings.